The van der Waals surface area contributed by atoms with Gasteiger partial charge in [0.1, 0.15) is 18.4 Å². The van der Waals surface area contributed by atoms with Crippen molar-refractivity contribution in [1.82, 2.24) is 14.8 Å². The number of amides is 1. The quantitative estimate of drug-likeness (QED) is 0.388. The van der Waals surface area contributed by atoms with Crippen LogP contribution in [0.2, 0.25) is 0 Å². The Morgan fingerprint density at radius 3 is 2.62 bits per heavy atom. The second-order valence-corrected chi connectivity index (χ2v) is 9.65. The average Bonchev–Trinajstić information content (AvgIpc) is 3.74. The Labute approximate surface area is 218 Å². The predicted octanol–water partition coefficient (Wildman–Crippen LogP) is 3.85. The van der Waals surface area contributed by atoms with E-state index in [-0.39, 0.29) is 11.8 Å². The van der Waals surface area contributed by atoms with Gasteiger partial charge in [0.25, 0.3) is 0 Å². The van der Waals surface area contributed by atoms with E-state index in [2.05, 4.69) is 33.1 Å². The van der Waals surface area contributed by atoms with E-state index in [0.717, 1.165) is 98.9 Å². The summed E-state index contributed by atoms with van der Waals surface area (Å²) in [4.78, 5) is 14.5. The number of rotatable bonds is 11. The minimum absolute atomic E-state index is 0.0907. The summed E-state index contributed by atoms with van der Waals surface area (Å²) in [6.07, 6.45) is 1.95. The molecule has 3 aromatic rings. The van der Waals surface area contributed by atoms with Gasteiger partial charge in [-0.1, -0.05) is 12.1 Å². The molecule has 1 saturated heterocycles. The number of benzene rings is 2. The molecule has 2 fully saturated rings. The lowest BCUT2D eigenvalue weighted by Crippen LogP contribution is -2.40. The lowest BCUT2D eigenvalue weighted by molar-refractivity contribution is -0.117. The third kappa shape index (κ3) is 5.96. The number of anilines is 1. The molecule has 1 aliphatic carbocycles. The van der Waals surface area contributed by atoms with Gasteiger partial charge in [-0.25, -0.2) is 0 Å². The maximum absolute atomic E-state index is 12.1. The number of hydrogen-bond donors (Lipinski definition) is 2. The molecule has 1 aromatic heterocycles. The first kappa shape index (κ1) is 25.3. The highest BCUT2D eigenvalue weighted by Gasteiger charge is 2.29. The Morgan fingerprint density at radius 1 is 1.14 bits per heavy atom. The number of carbonyl (C=O) groups is 1. The number of aryl methyl sites for hydroxylation is 1. The van der Waals surface area contributed by atoms with Gasteiger partial charge >= 0.3 is 0 Å². The zero-order valence-corrected chi connectivity index (χ0v) is 21.5. The summed E-state index contributed by atoms with van der Waals surface area (Å²) in [6, 6.07) is 16.1. The molecule has 8 nitrogen and oxygen atoms in total. The highest BCUT2D eigenvalue weighted by molar-refractivity contribution is 5.96. The van der Waals surface area contributed by atoms with E-state index >= 15 is 0 Å². The summed E-state index contributed by atoms with van der Waals surface area (Å²) in [7, 11) is 0. The molecule has 37 heavy (non-hydrogen) atoms. The summed E-state index contributed by atoms with van der Waals surface area (Å²) in [6.45, 7) is 9.76. The number of nitrogens with zero attached hydrogens (tertiary/aromatic N) is 3. The Morgan fingerprint density at radius 2 is 1.92 bits per heavy atom. The van der Waals surface area contributed by atoms with Crippen LogP contribution < -0.4 is 15.4 Å². The maximum Gasteiger partial charge on any atom is 0.227 e. The zero-order chi connectivity index (χ0) is 25.6. The van der Waals surface area contributed by atoms with Crippen molar-refractivity contribution in [2.75, 3.05) is 57.9 Å². The molecule has 1 amide bonds. The lowest BCUT2D eigenvalue weighted by atomic mass is 10.1. The smallest absolute Gasteiger partial charge is 0.227 e. The molecule has 0 radical (unpaired) electrons. The van der Waals surface area contributed by atoms with Crippen LogP contribution in [0.4, 0.5) is 5.69 Å². The molecule has 2 N–H and O–H groups in total. The number of nitriles is 1. The van der Waals surface area contributed by atoms with Crippen LogP contribution in [0.3, 0.4) is 0 Å². The van der Waals surface area contributed by atoms with Crippen LogP contribution in [-0.4, -0.2) is 67.9 Å². The SMILES string of the molecule is CCn1c(-c2ccc(NC(=O)C3CC3)cc2)c(C#N)c2ccc(OCCNCCN3CCOCC3)cc21. The van der Waals surface area contributed by atoms with Gasteiger partial charge in [-0.3, -0.25) is 9.69 Å². The van der Waals surface area contributed by atoms with E-state index in [9.17, 15) is 10.1 Å². The number of aromatic nitrogens is 1. The molecule has 0 unspecified atom stereocenters. The van der Waals surface area contributed by atoms with E-state index in [1.54, 1.807) is 0 Å². The second-order valence-electron chi connectivity index (χ2n) is 9.65. The summed E-state index contributed by atoms with van der Waals surface area (Å²) in [5.41, 5.74) is 4.27. The van der Waals surface area contributed by atoms with Crippen LogP contribution in [0, 0.1) is 17.2 Å². The fourth-order valence-corrected chi connectivity index (χ4v) is 4.89. The number of morpholine rings is 1. The van der Waals surface area contributed by atoms with Crippen LogP contribution in [0.15, 0.2) is 42.5 Å². The third-order valence-electron chi connectivity index (χ3n) is 7.09. The normalized spacial score (nSPS) is 16.0. The summed E-state index contributed by atoms with van der Waals surface area (Å²) >= 11 is 0. The average molecular weight is 502 g/mol. The largest absolute Gasteiger partial charge is 0.492 e. The molecule has 0 spiro atoms. The molecule has 2 heterocycles. The van der Waals surface area contributed by atoms with Crippen molar-refractivity contribution >= 4 is 22.5 Å². The molecular formula is C29H35N5O3. The van der Waals surface area contributed by atoms with Crippen LogP contribution in [0.25, 0.3) is 22.2 Å². The number of fused-ring (bicyclic) bond motifs is 1. The molecule has 0 atom stereocenters. The van der Waals surface area contributed by atoms with Crippen LogP contribution in [-0.2, 0) is 16.1 Å². The number of hydrogen-bond acceptors (Lipinski definition) is 6. The van der Waals surface area contributed by atoms with E-state index in [4.69, 9.17) is 9.47 Å². The van der Waals surface area contributed by atoms with Crippen LogP contribution >= 0.6 is 0 Å². The molecule has 194 valence electrons. The summed E-state index contributed by atoms with van der Waals surface area (Å²) < 4.78 is 13.6. The molecule has 1 saturated carbocycles. The van der Waals surface area contributed by atoms with Crippen molar-refractivity contribution in [3.05, 3.63) is 48.0 Å². The highest BCUT2D eigenvalue weighted by atomic mass is 16.5. The van der Waals surface area contributed by atoms with E-state index < -0.39 is 0 Å². The van der Waals surface area contributed by atoms with Crippen molar-refractivity contribution in [2.24, 2.45) is 5.92 Å². The number of carbonyl (C=O) groups excluding carboxylic acids is 1. The second kappa shape index (κ2) is 11.8. The van der Waals surface area contributed by atoms with Gasteiger partial charge in [-0.05, 0) is 49.6 Å². The first-order chi connectivity index (χ1) is 18.2. The molecular weight excluding hydrogens is 466 g/mol. The first-order valence-corrected chi connectivity index (χ1v) is 13.3. The zero-order valence-electron chi connectivity index (χ0n) is 21.5. The summed E-state index contributed by atoms with van der Waals surface area (Å²) in [5, 5.41) is 17.4. The van der Waals surface area contributed by atoms with E-state index in [1.807, 2.05) is 42.5 Å². The third-order valence-corrected chi connectivity index (χ3v) is 7.09. The fraction of sp³-hybridized carbons (Fsp3) is 0.448. The standard InChI is InChI=1S/C29H35N5O3/c1-2-34-27-19-24(37-16-12-31-11-13-33-14-17-36-18-15-33)9-10-25(27)26(20-30)28(34)21-5-7-23(8-6-21)32-29(35)22-3-4-22/h5-10,19,22,31H,2-4,11-18H2,1H3,(H,32,35). The van der Waals surface area contributed by atoms with Gasteiger partial charge < -0.3 is 24.7 Å². The molecule has 0 bridgehead atoms. The van der Waals surface area contributed by atoms with Crippen LogP contribution in [0.5, 0.6) is 5.75 Å². The van der Waals surface area contributed by atoms with Crippen molar-refractivity contribution in [3.8, 4) is 23.1 Å². The number of nitrogens with one attached hydrogen (secondary N) is 2. The Bertz CT molecular complexity index is 1270. The Balaban J connectivity index is 1.25. The molecule has 8 heteroatoms. The Kier molecular flexibility index (Phi) is 8.05. The first-order valence-electron chi connectivity index (χ1n) is 13.3. The van der Waals surface area contributed by atoms with Gasteiger partial charge in [0, 0.05) is 62.3 Å². The van der Waals surface area contributed by atoms with Gasteiger partial charge in [-0.2, -0.15) is 5.26 Å². The fourth-order valence-electron chi connectivity index (χ4n) is 4.89. The van der Waals surface area contributed by atoms with E-state index in [1.165, 1.54) is 0 Å². The van der Waals surface area contributed by atoms with Crippen molar-refractivity contribution in [3.63, 3.8) is 0 Å². The topological polar surface area (TPSA) is 91.5 Å². The molecule has 5 rings (SSSR count). The van der Waals surface area contributed by atoms with Gasteiger partial charge in [0.05, 0.1) is 30.0 Å². The lowest BCUT2D eigenvalue weighted by Gasteiger charge is -2.26. The number of ether oxygens (including phenoxy) is 2. The molecule has 1 aliphatic heterocycles. The minimum Gasteiger partial charge on any atom is -0.492 e. The van der Waals surface area contributed by atoms with Crippen molar-refractivity contribution in [1.29, 1.82) is 5.26 Å². The predicted molar refractivity (Wildman–Crippen MR) is 145 cm³/mol. The van der Waals surface area contributed by atoms with Crippen LogP contribution in [0.1, 0.15) is 25.3 Å². The van der Waals surface area contributed by atoms with Crippen molar-refractivity contribution in [2.45, 2.75) is 26.3 Å². The molecule has 2 aliphatic rings. The van der Waals surface area contributed by atoms with Gasteiger partial charge in [-0.15, -0.1) is 0 Å². The Hall–Kier alpha value is -3.38. The van der Waals surface area contributed by atoms with Gasteiger partial charge in [0.15, 0.2) is 0 Å². The van der Waals surface area contributed by atoms with Gasteiger partial charge in [0.2, 0.25) is 5.91 Å². The monoisotopic (exact) mass is 501 g/mol. The highest BCUT2D eigenvalue weighted by Crippen LogP contribution is 2.36. The maximum atomic E-state index is 12.1. The van der Waals surface area contributed by atoms with Crippen molar-refractivity contribution < 1.29 is 14.3 Å². The summed E-state index contributed by atoms with van der Waals surface area (Å²) in [5.74, 6) is 1.05. The van der Waals surface area contributed by atoms with E-state index in [0.29, 0.717) is 12.2 Å². The minimum atomic E-state index is 0.0907. The molecule has 2 aromatic carbocycles.